The third kappa shape index (κ3) is 11.2. The Labute approximate surface area is 337 Å². The zero-order chi connectivity index (χ0) is 39.7. The minimum atomic E-state index is -3.94. The lowest BCUT2D eigenvalue weighted by molar-refractivity contribution is -0.150. The number of carboxylic acids is 1. The van der Waals surface area contributed by atoms with Gasteiger partial charge >= 0.3 is 11.9 Å². The number of carboxylic acid groups (broad SMARTS) is 1. The lowest BCUT2D eigenvalue weighted by Crippen LogP contribution is -2.53. The summed E-state index contributed by atoms with van der Waals surface area (Å²) in [5, 5.41) is 16.3. The molecule has 0 spiro atoms. The lowest BCUT2D eigenvalue weighted by atomic mass is 10.0. The van der Waals surface area contributed by atoms with Crippen LogP contribution in [0.4, 0.5) is 5.69 Å². The number of halogens is 1. The standard InChI is InChI=1S/C40H50ClN5O8S2/c1-26(38(47)46-19-7-12-34(46)39(48)49)43-32(40(50)54-21-20-53-30-10-3-2-4-11-30)18-17-27-13-15-29(16-14-27)25-42-56(51,52)36-24-35-33(23-31(36)41)44-37(45-55-35)22-28-8-5-6-9-28/h2-4,10-11,13-16,23-24,26,28,32,34,37,42-45H,5-9,12,17-22,25H2,1H3,(H,48,49)/t26?,32-,34-,37-/m0/s1. The Kier molecular flexibility index (Phi) is 14.6. The van der Waals surface area contributed by atoms with E-state index >= 15 is 0 Å². The lowest BCUT2D eigenvalue weighted by Gasteiger charge is -2.29. The largest absolute Gasteiger partial charge is 0.490 e. The van der Waals surface area contributed by atoms with E-state index in [0.29, 0.717) is 37.5 Å². The normalized spacial score (nSPS) is 19.5. The summed E-state index contributed by atoms with van der Waals surface area (Å²) in [5.41, 5.74) is 2.43. The van der Waals surface area contributed by atoms with Crippen LogP contribution in [0.3, 0.4) is 0 Å². The van der Waals surface area contributed by atoms with E-state index in [9.17, 15) is 27.9 Å². The molecule has 56 heavy (non-hydrogen) atoms. The highest BCUT2D eigenvalue weighted by molar-refractivity contribution is 7.97. The molecule has 2 fully saturated rings. The van der Waals surface area contributed by atoms with Crippen LogP contribution in [0.15, 0.2) is 76.5 Å². The maximum Gasteiger partial charge on any atom is 0.326 e. The van der Waals surface area contributed by atoms with E-state index in [4.69, 9.17) is 21.1 Å². The highest BCUT2D eigenvalue weighted by Gasteiger charge is 2.37. The van der Waals surface area contributed by atoms with Crippen LogP contribution in [0.1, 0.15) is 69.4 Å². The molecule has 0 radical (unpaired) electrons. The number of aliphatic carboxylic acids is 1. The highest BCUT2D eigenvalue weighted by atomic mass is 35.5. The van der Waals surface area contributed by atoms with Gasteiger partial charge in [0.05, 0.1) is 22.9 Å². The Morgan fingerprint density at radius 3 is 2.46 bits per heavy atom. The monoisotopic (exact) mass is 827 g/mol. The van der Waals surface area contributed by atoms with Gasteiger partial charge in [-0.05, 0) is 92.3 Å². The Hall–Kier alpha value is -3.86. The second kappa shape index (κ2) is 19.5. The van der Waals surface area contributed by atoms with Gasteiger partial charge in [-0.2, -0.15) is 0 Å². The van der Waals surface area contributed by atoms with Gasteiger partial charge in [0.15, 0.2) is 0 Å². The second-order valence-electron chi connectivity index (χ2n) is 14.6. The number of carbonyl (C=O) groups is 3. The van der Waals surface area contributed by atoms with Gasteiger partial charge in [-0.15, -0.1) is 0 Å². The number of rotatable bonds is 18. The zero-order valence-electron chi connectivity index (χ0n) is 31.4. The first-order valence-corrected chi connectivity index (χ1v) is 21.9. The van der Waals surface area contributed by atoms with Crippen LogP contribution in [0.5, 0.6) is 5.75 Å². The van der Waals surface area contributed by atoms with Crippen LogP contribution < -0.4 is 24.8 Å². The van der Waals surface area contributed by atoms with Crippen molar-refractivity contribution in [3.63, 3.8) is 0 Å². The third-order valence-electron chi connectivity index (χ3n) is 10.5. The van der Waals surface area contributed by atoms with E-state index in [1.807, 2.05) is 42.5 Å². The molecule has 0 bridgehead atoms. The molecule has 302 valence electrons. The average Bonchev–Trinajstić information content (AvgIpc) is 3.91. The first-order valence-electron chi connectivity index (χ1n) is 19.2. The summed E-state index contributed by atoms with van der Waals surface area (Å²) in [4.78, 5) is 40.4. The van der Waals surface area contributed by atoms with Gasteiger partial charge in [-0.1, -0.05) is 79.7 Å². The smallest absolute Gasteiger partial charge is 0.326 e. The van der Waals surface area contributed by atoms with Crippen LogP contribution in [-0.2, 0) is 42.1 Å². The fourth-order valence-corrected chi connectivity index (χ4v) is 9.94. The number of esters is 1. The first kappa shape index (κ1) is 41.8. The molecule has 1 aliphatic carbocycles. The number of carbonyl (C=O) groups excluding carboxylic acids is 2. The van der Waals surface area contributed by atoms with Crippen LogP contribution in [0.25, 0.3) is 0 Å². The maximum absolute atomic E-state index is 13.4. The predicted molar refractivity (Wildman–Crippen MR) is 215 cm³/mol. The van der Waals surface area contributed by atoms with E-state index in [0.717, 1.165) is 28.1 Å². The number of sulfonamides is 1. The summed E-state index contributed by atoms with van der Waals surface area (Å²) in [6.07, 6.45) is 7.84. The number of amides is 1. The minimum absolute atomic E-state index is 0.00379. The molecule has 3 aromatic carbocycles. The Morgan fingerprint density at radius 1 is 1.00 bits per heavy atom. The first-order chi connectivity index (χ1) is 27.0. The zero-order valence-corrected chi connectivity index (χ0v) is 33.8. The third-order valence-corrected chi connectivity index (χ3v) is 13.3. The Balaban J connectivity index is 1.03. The van der Waals surface area contributed by atoms with Crippen molar-refractivity contribution in [1.29, 1.82) is 0 Å². The minimum Gasteiger partial charge on any atom is -0.490 e. The Bertz CT molecular complexity index is 1930. The van der Waals surface area contributed by atoms with Crippen molar-refractivity contribution in [3.8, 4) is 5.75 Å². The van der Waals surface area contributed by atoms with Gasteiger partial charge in [0.1, 0.15) is 35.9 Å². The number of hydrogen-bond acceptors (Lipinski definition) is 11. The molecule has 3 aliphatic rings. The van der Waals surface area contributed by atoms with E-state index < -0.39 is 40.1 Å². The summed E-state index contributed by atoms with van der Waals surface area (Å²) in [6.45, 7) is 2.13. The van der Waals surface area contributed by atoms with Crippen LogP contribution in [-0.4, -0.2) is 80.3 Å². The molecule has 2 heterocycles. The van der Waals surface area contributed by atoms with Gasteiger partial charge in [-0.3, -0.25) is 14.9 Å². The molecule has 1 saturated carbocycles. The quantitative estimate of drug-likeness (QED) is 0.0600. The number of hydrogen-bond donors (Lipinski definition) is 5. The number of anilines is 1. The summed E-state index contributed by atoms with van der Waals surface area (Å²) in [7, 11) is -3.94. The average molecular weight is 828 g/mol. The fourth-order valence-electron chi connectivity index (χ4n) is 7.46. The molecule has 1 saturated heterocycles. The molecule has 6 rings (SSSR count). The molecule has 2 aliphatic heterocycles. The van der Waals surface area contributed by atoms with Crippen LogP contribution in [0.2, 0.25) is 5.02 Å². The highest BCUT2D eigenvalue weighted by Crippen LogP contribution is 2.38. The molecule has 1 unspecified atom stereocenters. The summed E-state index contributed by atoms with van der Waals surface area (Å²) in [5.74, 6) is -0.664. The van der Waals surface area contributed by atoms with Gasteiger partial charge in [0.25, 0.3) is 0 Å². The van der Waals surface area contributed by atoms with Gasteiger partial charge in [-0.25, -0.2) is 22.7 Å². The van der Waals surface area contributed by atoms with E-state index in [-0.39, 0.29) is 48.2 Å². The molecule has 5 N–H and O–H groups in total. The molecule has 1 amide bonds. The number of nitrogens with one attached hydrogen (secondary N) is 4. The van der Waals surface area contributed by atoms with Crippen molar-refractivity contribution >= 4 is 57.1 Å². The molecule has 0 aromatic heterocycles. The van der Waals surface area contributed by atoms with Crippen molar-refractivity contribution in [2.24, 2.45) is 5.92 Å². The van der Waals surface area contributed by atoms with E-state index in [1.54, 1.807) is 31.2 Å². The summed E-state index contributed by atoms with van der Waals surface area (Å²) in [6, 6.07) is 17.2. The van der Waals surface area contributed by atoms with Crippen molar-refractivity contribution in [1.82, 2.24) is 19.7 Å². The number of benzene rings is 3. The number of fused-ring (bicyclic) bond motifs is 1. The van der Waals surface area contributed by atoms with Crippen molar-refractivity contribution in [2.45, 2.75) is 105 Å². The van der Waals surface area contributed by atoms with Gasteiger partial charge in [0.2, 0.25) is 15.9 Å². The summed E-state index contributed by atoms with van der Waals surface area (Å²) < 4.78 is 44.0. The van der Waals surface area contributed by atoms with Crippen LogP contribution in [0, 0.1) is 5.92 Å². The SMILES string of the molecule is CC(N[C@@H](CCc1ccc(CNS(=O)(=O)c2cc3c(cc2Cl)N[C@H](CC2CCCC2)NS3)cc1)C(=O)OCCOc1ccccc1)C(=O)N1CCC[C@H]1C(=O)O. The number of likely N-dealkylation sites (tertiary alicyclic amines) is 1. The van der Waals surface area contributed by atoms with Crippen LogP contribution >= 0.6 is 23.5 Å². The second-order valence-corrected chi connectivity index (χ2v) is 17.6. The predicted octanol–water partition coefficient (Wildman–Crippen LogP) is 5.72. The fraction of sp³-hybridized carbons (Fsp3) is 0.475. The van der Waals surface area contributed by atoms with E-state index in [1.165, 1.54) is 42.5 Å². The number of para-hydroxylation sites is 1. The summed E-state index contributed by atoms with van der Waals surface area (Å²) >= 11 is 7.95. The number of aryl methyl sites for hydroxylation is 1. The van der Waals surface area contributed by atoms with Crippen molar-refractivity contribution in [3.05, 3.63) is 82.9 Å². The maximum atomic E-state index is 13.4. The molecule has 13 nitrogen and oxygen atoms in total. The number of nitrogens with zero attached hydrogens (tertiary/aromatic N) is 1. The molecular weight excluding hydrogens is 778 g/mol. The van der Waals surface area contributed by atoms with Gasteiger partial charge < -0.3 is 24.8 Å². The number of ether oxygens (including phenoxy) is 2. The Morgan fingerprint density at radius 2 is 1.73 bits per heavy atom. The molecule has 4 atom stereocenters. The van der Waals surface area contributed by atoms with E-state index in [2.05, 4.69) is 20.1 Å². The van der Waals surface area contributed by atoms with Crippen molar-refractivity contribution < 1.29 is 37.4 Å². The molecular formula is C40H50ClN5O8S2. The molecule has 3 aromatic rings. The van der Waals surface area contributed by atoms with Crippen molar-refractivity contribution in [2.75, 3.05) is 25.1 Å². The van der Waals surface area contributed by atoms with Gasteiger partial charge in [0, 0.05) is 18.0 Å². The molecule has 16 heteroatoms. The topological polar surface area (TPSA) is 175 Å².